The Kier molecular flexibility index (Phi) is 9.06. The second-order valence-corrected chi connectivity index (χ2v) is 8.93. The molecule has 198 valence electrons. The largest absolute Gasteiger partial charge is 0.417 e. The highest BCUT2D eigenvalue weighted by molar-refractivity contribution is 9.10. The van der Waals surface area contributed by atoms with Crippen molar-refractivity contribution >= 4 is 50.9 Å². The third kappa shape index (κ3) is 7.28. The molecule has 0 aliphatic carbocycles. The molecule has 2 atom stereocenters. The lowest BCUT2D eigenvalue weighted by atomic mass is 9.95. The number of carbonyl (C=O) groups is 1. The van der Waals surface area contributed by atoms with E-state index in [0.717, 1.165) is 12.1 Å². The number of carbonyl (C=O) groups excluding carboxylic acids is 1. The topological polar surface area (TPSA) is 29.1 Å². The van der Waals surface area contributed by atoms with Crippen molar-refractivity contribution in [2.75, 3.05) is 0 Å². The van der Waals surface area contributed by atoms with E-state index in [9.17, 15) is 48.7 Å². The first-order valence-electron chi connectivity index (χ1n) is 9.41. The van der Waals surface area contributed by atoms with Crippen LogP contribution in [0.5, 0.6) is 0 Å². The van der Waals surface area contributed by atoms with Crippen LogP contribution in [0.3, 0.4) is 0 Å². The van der Waals surface area contributed by atoms with Crippen LogP contribution in [0.25, 0.3) is 5.83 Å². The molecule has 2 nitrogen and oxygen atoms in total. The van der Waals surface area contributed by atoms with Gasteiger partial charge in [-0.1, -0.05) is 29.3 Å². The molecule has 0 aliphatic rings. The molecule has 0 saturated carbocycles. The molecule has 0 saturated heterocycles. The molecular formula is C21H12BrCl2F10NO. The van der Waals surface area contributed by atoms with Crippen LogP contribution < -0.4 is 5.32 Å². The predicted molar refractivity (Wildman–Crippen MR) is 116 cm³/mol. The van der Waals surface area contributed by atoms with Crippen molar-refractivity contribution in [1.82, 2.24) is 5.32 Å². The summed E-state index contributed by atoms with van der Waals surface area (Å²) in [4.78, 5) is 12.0. The Labute approximate surface area is 215 Å². The zero-order chi connectivity index (χ0) is 27.8. The van der Waals surface area contributed by atoms with Gasteiger partial charge in [0.25, 0.3) is 5.91 Å². The first-order valence-corrected chi connectivity index (χ1v) is 11.0. The normalized spacial score (nSPS) is 15.0. The van der Waals surface area contributed by atoms with Crippen molar-refractivity contribution in [2.45, 2.75) is 37.4 Å². The Morgan fingerprint density at radius 3 is 1.92 bits per heavy atom. The summed E-state index contributed by atoms with van der Waals surface area (Å²) in [6.45, 7) is 0.486. The number of amides is 1. The number of alkyl halides is 9. The van der Waals surface area contributed by atoms with Crippen LogP contribution in [0.15, 0.2) is 40.9 Å². The van der Waals surface area contributed by atoms with Gasteiger partial charge >= 0.3 is 18.5 Å². The molecule has 15 heteroatoms. The second-order valence-electron chi connectivity index (χ2n) is 7.33. The molecule has 0 fully saturated rings. The first kappa shape index (κ1) is 30.2. The molecule has 1 amide bonds. The Morgan fingerprint density at radius 1 is 0.944 bits per heavy atom. The van der Waals surface area contributed by atoms with E-state index in [1.165, 1.54) is 5.32 Å². The molecule has 2 aromatic carbocycles. The van der Waals surface area contributed by atoms with Gasteiger partial charge in [0.2, 0.25) is 0 Å². The SMILES string of the molecule is CC(NC(=O)c1ccc(/C(F)=C/C(c2cc(Cl)c(Br)c(Cl)c2)C(F)(F)F)cc1C(F)(F)F)C(F)(F)F. The lowest BCUT2D eigenvalue weighted by molar-refractivity contribution is -0.149. The number of hydrogen-bond acceptors (Lipinski definition) is 1. The molecule has 2 aromatic rings. The van der Waals surface area contributed by atoms with Gasteiger partial charge in [0.05, 0.1) is 25.6 Å². The molecule has 1 N–H and O–H groups in total. The third-order valence-electron chi connectivity index (χ3n) is 4.71. The van der Waals surface area contributed by atoms with E-state index >= 15 is 0 Å². The number of allylic oxidation sites excluding steroid dienone is 1. The van der Waals surface area contributed by atoms with Crippen molar-refractivity contribution in [3.8, 4) is 0 Å². The van der Waals surface area contributed by atoms with Crippen LogP contribution in [0, 0.1) is 0 Å². The van der Waals surface area contributed by atoms with Crippen LogP contribution in [0.2, 0.25) is 10.0 Å². The number of rotatable bonds is 5. The van der Waals surface area contributed by atoms with Crippen molar-refractivity contribution in [3.05, 3.63) is 73.2 Å². The lowest BCUT2D eigenvalue weighted by Gasteiger charge is -2.20. The van der Waals surface area contributed by atoms with E-state index in [1.54, 1.807) is 0 Å². The minimum atomic E-state index is -5.36. The molecule has 0 heterocycles. The van der Waals surface area contributed by atoms with Crippen LogP contribution in [0.1, 0.15) is 39.9 Å². The maximum Gasteiger partial charge on any atom is 0.417 e. The molecule has 2 rings (SSSR count). The van der Waals surface area contributed by atoms with Crippen molar-refractivity contribution in [3.63, 3.8) is 0 Å². The second kappa shape index (κ2) is 10.8. The van der Waals surface area contributed by atoms with Gasteiger partial charge in [-0.05, 0) is 58.8 Å². The first-order chi connectivity index (χ1) is 16.2. The Hall–Kier alpha value is -1.99. The van der Waals surface area contributed by atoms with Crippen LogP contribution in [-0.2, 0) is 6.18 Å². The number of nitrogens with one attached hydrogen (secondary N) is 1. The fraction of sp³-hybridized carbons (Fsp3) is 0.286. The van der Waals surface area contributed by atoms with E-state index in [1.807, 2.05) is 0 Å². The minimum absolute atomic E-state index is 0.0170. The van der Waals surface area contributed by atoms with Gasteiger partial charge in [-0.2, -0.15) is 39.5 Å². The van der Waals surface area contributed by atoms with Crippen molar-refractivity contribution in [2.24, 2.45) is 0 Å². The Balaban J connectivity index is 2.57. The van der Waals surface area contributed by atoms with Crippen LogP contribution in [-0.4, -0.2) is 24.3 Å². The van der Waals surface area contributed by atoms with Crippen molar-refractivity contribution in [1.29, 1.82) is 0 Å². The minimum Gasteiger partial charge on any atom is -0.341 e. The monoisotopic (exact) mass is 633 g/mol. The zero-order valence-electron chi connectivity index (χ0n) is 17.4. The standard InChI is InChI=1S/C21H12BrCl2F10NO/c1-8(19(26,27)28)35-18(36)11-3-2-9(4-13(11)21(32,33)34)16(25)7-12(20(29,30)31)10-5-14(23)17(22)15(24)6-10/h2-8,12H,1H3,(H,35,36)/b16-7-. The van der Waals surface area contributed by atoms with E-state index in [2.05, 4.69) is 15.9 Å². The third-order valence-corrected chi connectivity index (χ3v) is 6.62. The maximum absolute atomic E-state index is 14.8. The van der Waals surface area contributed by atoms with Gasteiger partial charge in [0, 0.05) is 5.56 Å². The average Bonchev–Trinajstić information content (AvgIpc) is 2.72. The highest BCUT2D eigenvalue weighted by atomic mass is 79.9. The van der Waals surface area contributed by atoms with Gasteiger partial charge < -0.3 is 5.32 Å². The zero-order valence-corrected chi connectivity index (χ0v) is 20.5. The van der Waals surface area contributed by atoms with E-state index in [0.29, 0.717) is 19.1 Å². The molecule has 0 aromatic heterocycles. The van der Waals surface area contributed by atoms with Gasteiger partial charge in [-0.15, -0.1) is 0 Å². The smallest absolute Gasteiger partial charge is 0.341 e. The van der Waals surface area contributed by atoms with Crippen molar-refractivity contribution < 1.29 is 48.7 Å². The summed E-state index contributed by atoms with van der Waals surface area (Å²) < 4.78 is 134. The summed E-state index contributed by atoms with van der Waals surface area (Å²) in [6, 6.07) is 0.0579. The molecular weight excluding hydrogens is 623 g/mol. The van der Waals surface area contributed by atoms with Gasteiger partial charge in [-0.25, -0.2) is 4.39 Å². The molecule has 0 radical (unpaired) electrons. The Morgan fingerprint density at radius 2 is 1.47 bits per heavy atom. The highest BCUT2D eigenvalue weighted by Crippen LogP contribution is 2.43. The summed E-state index contributed by atoms with van der Waals surface area (Å²) >= 11 is 14.5. The number of benzene rings is 2. The number of halogens is 13. The molecule has 2 unspecified atom stereocenters. The predicted octanol–water partition coefficient (Wildman–Crippen LogP) is 9.11. The van der Waals surface area contributed by atoms with Gasteiger partial charge in [-0.3, -0.25) is 4.79 Å². The fourth-order valence-corrected chi connectivity index (χ4v) is 3.59. The molecule has 0 bridgehead atoms. The van der Waals surface area contributed by atoms with Crippen LogP contribution >= 0.6 is 39.1 Å². The molecule has 0 spiro atoms. The van der Waals surface area contributed by atoms with Gasteiger partial charge in [0.1, 0.15) is 17.8 Å². The highest BCUT2D eigenvalue weighted by Gasteiger charge is 2.42. The Bertz CT molecular complexity index is 1150. The average molecular weight is 635 g/mol. The number of hydrogen-bond donors (Lipinski definition) is 1. The lowest BCUT2D eigenvalue weighted by Crippen LogP contribution is -2.43. The summed E-state index contributed by atoms with van der Waals surface area (Å²) in [5, 5.41) is 0.842. The van der Waals surface area contributed by atoms with E-state index in [4.69, 9.17) is 23.2 Å². The van der Waals surface area contributed by atoms with E-state index in [-0.39, 0.29) is 26.7 Å². The summed E-state index contributed by atoms with van der Waals surface area (Å²) in [6.07, 6.45) is -15.5. The van der Waals surface area contributed by atoms with Gasteiger partial charge in [0.15, 0.2) is 0 Å². The quantitative estimate of drug-likeness (QED) is 0.258. The summed E-state index contributed by atoms with van der Waals surface area (Å²) in [7, 11) is 0. The molecule has 0 aliphatic heterocycles. The summed E-state index contributed by atoms with van der Waals surface area (Å²) in [5.74, 6) is -6.21. The summed E-state index contributed by atoms with van der Waals surface area (Å²) in [5.41, 5.74) is -4.77. The van der Waals surface area contributed by atoms with E-state index < -0.39 is 64.5 Å². The fourth-order valence-electron chi connectivity index (χ4n) is 2.86. The van der Waals surface area contributed by atoms with Crippen LogP contribution in [0.4, 0.5) is 43.9 Å². The maximum atomic E-state index is 14.8. The molecule has 36 heavy (non-hydrogen) atoms.